The van der Waals surface area contributed by atoms with E-state index in [-0.39, 0.29) is 11.4 Å². The summed E-state index contributed by atoms with van der Waals surface area (Å²) in [6, 6.07) is 8.35. The minimum Gasteiger partial charge on any atom is -0.445 e. The largest absolute Gasteiger partial charge is 0.445 e. The Bertz CT molecular complexity index is 1240. The number of aliphatic imine (C=N–C) groups is 1. The fourth-order valence-corrected chi connectivity index (χ4v) is 3.70. The molecule has 1 atom stereocenters. The zero-order valence-electron chi connectivity index (χ0n) is 20.9. The van der Waals surface area contributed by atoms with Crippen molar-refractivity contribution >= 4 is 11.6 Å². The minimum absolute atomic E-state index is 0.0476. The number of carbonyl (C=O) groups excluding carboxylic acids is 1. The third kappa shape index (κ3) is 6.06. The molecule has 36 heavy (non-hydrogen) atoms. The van der Waals surface area contributed by atoms with E-state index >= 15 is 0 Å². The van der Waals surface area contributed by atoms with Crippen LogP contribution in [0.3, 0.4) is 0 Å². The number of hydrogen-bond acceptors (Lipinski definition) is 5. The molecule has 1 N–H and O–H groups in total. The SMILES string of the molecule is CC.CC#CN1C(C)=CC(c2cccc(-c3ncco3)c2)=N/C1=C(/C)C(=O)NC(C1CC1)C(F)(F)F. The molecule has 0 radical (unpaired) electrons. The highest BCUT2D eigenvalue weighted by molar-refractivity contribution is 6.11. The van der Waals surface area contributed by atoms with Gasteiger partial charge in [-0.05, 0) is 57.7 Å². The Balaban J connectivity index is 0.00000176. The van der Waals surface area contributed by atoms with E-state index in [1.807, 2.05) is 38.1 Å². The number of allylic oxidation sites excluding steroid dienone is 2. The third-order valence-electron chi connectivity index (χ3n) is 5.61. The zero-order valence-corrected chi connectivity index (χ0v) is 20.9. The number of oxazole rings is 1. The molecule has 9 heteroatoms. The van der Waals surface area contributed by atoms with Gasteiger partial charge in [-0.3, -0.25) is 9.69 Å². The van der Waals surface area contributed by atoms with E-state index in [2.05, 4.69) is 27.3 Å². The lowest BCUT2D eigenvalue weighted by atomic mass is 10.0. The first-order chi connectivity index (χ1) is 17.2. The number of rotatable bonds is 5. The first-order valence-electron chi connectivity index (χ1n) is 11.8. The summed E-state index contributed by atoms with van der Waals surface area (Å²) in [6.45, 7) is 8.88. The molecule has 1 unspecified atom stereocenters. The van der Waals surface area contributed by atoms with Crippen molar-refractivity contribution in [2.45, 2.75) is 59.7 Å². The van der Waals surface area contributed by atoms with Crippen molar-refractivity contribution in [3.05, 3.63) is 65.5 Å². The first-order valence-corrected chi connectivity index (χ1v) is 11.8. The van der Waals surface area contributed by atoms with Gasteiger partial charge in [-0.1, -0.05) is 31.9 Å². The lowest BCUT2D eigenvalue weighted by Crippen LogP contribution is -2.47. The van der Waals surface area contributed by atoms with E-state index in [0.29, 0.717) is 30.1 Å². The second-order valence-corrected chi connectivity index (χ2v) is 8.18. The number of hydrogen-bond donors (Lipinski definition) is 1. The summed E-state index contributed by atoms with van der Waals surface area (Å²) in [5.41, 5.74) is 2.74. The quantitative estimate of drug-likeness (QED) is 0.403. The van der Waals surface area contributed by atoms with E-state index in [1.54, 1.807) is 26.1 Å². The van der Waals surface area contributed by atoms with Crippen LogP contribution in [-0.2, 0) is 4.79 Å². The smallest absolute Gasteiger partial charge is 0.408 e. The van der Waals surface area contributed by atoms with Crippen molar-refractivity contribution in [2.24, 2.45) is 10.9 Å². The molecule has 1 aromatic heterocycles. The fourth-order valence-electron chi connectivity index (χ4n) is 3.70. The maximum absolute atomic E-state index is 13.5. The second kappa shape index (κ2) is 11.3. The van der Waals surface area contributed by atoms with Crippen LogP contribution >= 0.6 is 0 Å². The molecule has 1 aliphatic carbocycles. The van der Waals surface area contributed by atoms with Crippen molar-refractivity contribution in [2.75, 3.05) is 0 Å². The molecule has 0 saturated heterocycles. The molecular weight excluding hydrogens is 469 g/mol. The molecule has 1 amide bonds. The van der Waals surface area contributed by atoms with Crippen LogP contribution < -0.4 is 5.32 Å². The number of nitrogens with zero attached hydrogens (tertiary/aromatic N) is 3. The van der Waals surface area contributed by atoms with Crippen molar-refractivity contribution in [1.82, 2.24) is 15.2 Å². The van der Waals surface area contributed by atoms with Gasteiger partial charge in [-0.25, -0.2) is 9.98 Å². The summed E-state index contributed by atoms with van der Waals surface area (Å²) in [4.78, 5) is 23.2. The van der Waals surface area contributed by atoms with E-state index < -0.39 is 24.0 Å². The average molecular weight is 499 g/mol. The summed E-state index contributed by atoms with van der Waals surface area (Å²) in [5.74, 6) is 1.99. The number of alkyl halides is 3. The second-order valence-electron chi connectivity index (χ2n) is 8.18. The molecule has 2 aromatic rings. The van der Waals surface area contributed by atoms with E-state index in [0.717, 1.165) is 11.1 Å². The Labute approximate surface area is 209 Å². The van der Waals surface area contributed by atoms with Crippen molar-refractivity contribution in [3.8, 4) is 23.4 Å². The summed E-state index contributed by atoms with van der Waals surface area (Å²) in [6.07, 6.45) is 1.20. The number of carbonyl (C=O) groups is 1. The van der Waals surface area contributed by atoms with E-state index in [1.165, 1.54) is 18.1 Å². The summed E-state index contributed by atoms with van der Waals surface area (Å²) in [5, 5.41) is 2.17. The minimum atomic E-state index is -4.51. The Morgan fingerprint density at radius 2 is 1.94 bits per heavy atom. The number of aromatic nitrogens is 1. The monoisotopic (exact) mass is 498 g/mol. The van der Waals surface area contributed by atoms with Gasteiger partial charge in [0.15, 0.2) is 5.82 Å². The van der Waals surface area contributed by atoms with Crippen LogP contribution in [0.5, 0.6) is 0 Å². The van der Waals surface area contributed by atoms with Crippen molar-refractivity contribution < 1.29 is 22.4 Å². The third-order valence-corrected chi connectivity index (χ3v) is 5.61. The van der Waals surface area contributed by atoms with Gasteiger partial charge in [-0.2, -0.15) is 13.2 Å². The van der Waals surface area contributed by atoms with Crippen LogP contribution in [0, 0.1) is 17.9 Å². The topological polar surface area (TPSA) is 70.7 Å². The van der Waals surface area contributed by atoms with Crippen LogP contribution in [0.25, 0.3) is 11.5 Å². The lowest BCUT2D eigenvalue weighted by Gasteiger charge is -2.27. The van der Waals surface area contributed by atoms with Crippen LogP contribution in [0.4, 0.5) is 13.2 Å². The Kier molecular flexibility index (Phi) is 8.41. The highest BCUT2D eigenvalue weighted by Gasteiger charge is 2.49. The number of nitrogens with one attached hydrogen (secondary N) is 1. The maximum atomic E-state index is 13.5. The molecule has 4 rings (SSSR count). The fraction of sp³-hybridized carbons (Fsp3) is 0.370. The van der Waals surface area contributed by atoms with E-state index in [4.69, 9.17) is 4.42 Å². The molecule has 1 saturated carbocycles. The summed E-state index contributed by atoms with van der Waals surface area (Å²) < 4.78 is 45.7. The predicted octanol–water partition coefficient (Wildman–Crippen LogP) is 6.05. The highest BCUT2D eigenvalue weighted by atomic mass is 19.4. The van der Waals surface area contributed by atoms with Gasteiger partial charge in [0, 0.05) is 22.9 Å². The molecule has 1 fully saturated rings. The van der Waals surface area contributed by atoms with Gasteiger partial charge < -0.3 is 9.73 Å². The molecule has 6 nitrogen and oxygen atoms in total. The lowest BCUT2D eigenvalue weighted by molar-refractivity contribution is -0.164. The zero-order chi connectivity index (χ0) is 26.5. The van der Waals surface area contributed by atoms with Gasteiger partial charge in [0.05, 0.1) is 17.5 Å². The van der Waals surface area contributed by atoms with Crippen LogP contribution in [-0.4, -0.2) is 33.7 Å². The summed E-state index contributed by atoms with van der Waals surface area (Å²) in [7, 11) is 0. The first kappa shape index (κ1) is 26.8. The molecule has 1 aromatic carbocycles. The molecule has 190 valence electrons. The highest BCUT2D eigenvalue weighted by Crippen LogP contribution is 2.40. The molecular formula is C27H29F3N4O2. The standard InChI is InChI=1S/C25H23F3N4O2.C2H6/c1-4-11-32-15(2)13-20(18-6-5-7-19(14-18)24-29-10-12-34-24)30-22(32)16(3)23(33)31-21(17-8-9-17)25(26,27)28;1-2/h5-7,10,12-14,17,21H,8-9H2,1-3H3,(H,31,33);1-2H3/b22-16+;. The molecule has 1 aliphatic heterocycles. The van der Waals surface area contributed by atoms with Gasteiger partial charge >= 0.3 is 6.18 Å². The van der Waals surface area contributed by atoms with Crippen molar-refractivity contribution in [3.63, 3.8) is 0 Å². The van der Waals surface area contributed by atoms with Gasteiger partial charge in [0.1, 0.15) is 12.3 Å². The maximum Gasteiger partial charge on any atom is 0.408 e. The normalized spacial score (nSPS) is 17.5. The van der Waals surface area contributed by atoms with Gasteiger partial charge in [0.25, 0.3) is 5.91 Å². The van der Waals surface area contributed by atoms with Gasteiger partial charge in [0.2, 0.25) is 5.89 Å². The number of halogens is 3. The van der Waals surface area contributed by atoms with Crippen LogP contribution in [0.2, 0.25) is 0 Å². The van der Waals surface area contributed by atoms with Crippen molar-refractivity contribution in [1.29, 1.82) is 0 Å². The van der Waals surface area contributed by atoms with Crippen LogP contribution in [0.1, 0.15) is 53.0 Å². The summed E-state index contributed by atoms with van der Waals surface area (Å²) >= 11 is 0. The van der Waals surface area contributed by atoms with Crippen LogP contribution in [0.15, 0.2) is 69.3 Å². The molecule has 0 bridgehead atoms. The average Bonchev–Trinajstić information content (AvgIpc) is 3.55. The Morgan fingerprint density at radius 3 is 2.53 bits per heavy atom. The Morgan fingerprint density at radius 1 is 1.25 bits per heavy atom. The predicted molar refractivity (Wildman–Crippen MR) is 132 cm³/mol. The Hall–Kier alpha value is -3.80. The number of amides is 1. The molecule has 2 heterocycles. The van der Waals surface area contributed by atoms with Gasteiger partial charge in [-0.15, -0.1) is 0 Å². The molecule has 0 spiro atoms. The molecule has 2 aliphatic rings. The van der Waals surface area contributed by atoms with E-state index in [9.17, 15) is 18.0 Å². The number of benzene rings is 1.